The van der Waals surface area contributed by atoms with Gasteiger partial charge in [0.25, 0.3) is 0 Å². The molecule has 0 atom stereocenters. The maximum atomic E-state index is 4.53. The molecule has 0 aliphatic carbocycles. The third-order valence-electron chi connectivity index (χ3n) is 4.85. The van der Waals surface area contributed by atoms with Gasteiger partial charge < -0.3 is 15.2 Å². The van der Waals surface area contributed by atoms with Gasteiger partial charge in [-0.1, -0.05) is 18.2 Å². The number of benzene rings is 1. The molecule has 2 aromatic heterocycles. The zero-order chi connectivity index (χ0) is 16.6. The first-order chi connectivity index (χ1) is 12.4. The summed E-state index contributed by atoms with van der Waals surface area (Å²) < 4.78 is 0. The molecule has 0 fully saturated rings. The van der Waals surface area contributed by atoms with Crippen LogP contribution in [0.5, 0.6) is 0 Å². The van der Waals surface area contributed by atoms with Crippen molar-refractivity contribution >= 4 is 33.5 Å². The predicted octanol–water partition coefficient (Wildman–Crippen LogP) is 3.16. The molecule has 4 heterocycles. The number of nitrogens with one attached hydrogen (secondary N) is 2. The SMILES string of the molecule is C1=C(c2ccc3c(c2)CCNC3)SCCN1c1ncnc2[nH]ccc12. The molecule has 0 radical (unpaired) electrons. The van der Waals surface area contributed by atoms with E-state index in [0.29, 0.717) is 0 Å². The van der Waals surface area contributed by atoms with Gasteiger partial charge in [-0.05, 0) is 35.7 Å². The smallest absolute Gasteiger partial charge is 0.145 e. The van der Waals surface area contributed by atoms with E-state index in [4.69, 9.17) is 0 Å². The summed E-state index contributed by atoms with van der Waals surface area (Å²) in [6, 6.07) is 8.93. The normalized spacial score (nSPS) is 17.4. The Bertz CT molecular complexity index is 961. The van der Waals surface area contributed by atoms with Crippen LogP contribution in [0.15, 0.2) is 43.0 Å². The lowest BCUT2D eigenvalue weighted by atomic mass is 9.98. The maximum Gasteiger partial charge on any atom is 0.145 e. The molecule has 0 spiro atoms. The minimum Gasteiger partial charge on any atom is -0.346 e. The minimum absolute atomic E-state index is 0.888. The summed E-state index contributed by atoms with van der Waals surface area (Å²) in [5, 5.41) is 4.51. The zero-order valence-electron chi connectivity index (χ0n) is 13.8. The maximum absolute atomic E-state index is 4.53. The van der Waals surface area contributed by atoms with Crippen molar-refractivity contribution in [2.45, 2.75) is 13.0 Å². The molecule has 25 heavy (non-hydrogen) atoms. The summed E-state index contributed by atoms with van der Waals surface area (Å²) in [5.74, 6) is 2.03. The van der Waals surface area contributed by atoms with E-state index in [1.165, 1.54) is 21.6 Å². The molecule has 2 aliphatic heterocycles. The minimum atomic E-state index is 0.888. The number of H-pyrrole nitrogens is 1. The van der Waals surface area contributed by atoms with Crippen molar-refractivity contribution in [3.63, 3.8) is 0 Å². The van der Waals surface area contributed by atoms with E-state index in [2.05, 4.69) is 49.6 Å². The molecular formula is C19H19N5S. The van der Waals surface area contributed by atoms with E-state index in [-0.39, 0.29) is 0 Å². The summed E-state index contributed by atoms with van der Waals surface area (Å²) in [6.07, 6.45) is 6.91. The average Bonchev–Trinajstić information content (AvgIpc) is 3.16. The Kier molecular flexibility index (Phi) is 3.72. The van der Waals surface area contributed by atoms with Crippen LogP contribution in [0.1, 0.15) is 16.7 Å². The Morgan fingerprint density at radius 1 is 1.12 bits per heavy atom. The van der Waals surface area contributed by atoms with Gasteiger partial charge in [0.15, 0.2) is 0 Å². The highest BCUT2D eigenvalue weighted by Crippen LogP contribution is 2.35. The van der Waals surface area contributed by atoms with Crippen molar-refractivity contribution in [2.75, 3.05) is 23.7 Å². The van der Waals surface area contributed by atoms with E-state index >= 15 is 0 Å². The van der Waals surface area contributed by atoms with Crippen LogP contribution in [0.3, 0.4) is 0 Å². The predicted molar refractivity (Wildman–Crippen MR) is 104 cm³/mol. The second-order valence-corrected chi connectivity index (χ2v) is 7.52. The van der Waals surface area contributed by atoms with Gasteiger partial charge >= 0.3 is 0 Å². The molecule has 0 bridgehead atoms. The topological polar surface area (TPSA) is 56.8 Å². The number of hydrogen-bond acceptors (Lipinski definition) is 5. The van der Waals surface area contributed by atoms with Gasteiger partial charge in [-0.3, -0.25) is 0 Å². The summed E-state index contributed by atoms with van der Waals surface area (Å²) >= 11 is 1.93. The van der Waals surface area contributed by atoms with Crippen LogP contribution in [-0.4, -0.2) is 33.8 Å². The molecule has 0 saturated carbocycles. The fourth-order valence-corrected chi connectivity index (χ4v) is 4.54. The van der Waals surface area contributed by atoms with Crippen molar-refractivity contribution in [1.82, 2.24) is 20.3 Å². The Morgan fingerprint density at radius 3 is 3.12 bits per heavy atom. The second-order valence-electron chi connectivity index (χ2n) is 6.38. The fraction of sp³-hybridized carbons (Fsp3) is 0.263. The zero-order valence-corrected chi connectivity index (χ0v) is 14.6. The van der Waals surface area contributed by atoms with Crippen molar-refractivity contribution in [1.29, 1.82) is 0 Å². The standard InChI is InChI=1S/C19H19N5S/c1-2-15-10-20-5-3-13(15)9-14(1)17-11-24(7-8-25-17)19-16-4-6-21-18(16)22-12-23-19/h1-2,4,6,9,11-12,20H,3,5,7-8,10H2,(H,21,22,23). The van der Waals surface area contributed by atoms with Gasteiger partial charge in [0.05, 0.1) is 5.39 Å². The molecule has 3 aromatic rings. The highest BCUT2D eigenvalue weighted by atomic mass is 32.2. The van der Waals surface area contributed by atoms with Crippen LogP contribution in [0.2, 0.25) is 0 Å². The lowest BCUT2D eigenvalue weighted by Crippen LogP contribution is -2.25. The van der Waals surface area contributed by atoms with Gasteiger partial charge in [0.1, 0.15) is 17.8 Å². The van der Waals surface area contributed by atoms with Crippen LogP contribution in [-0.2, 0) is 13.0 Å². The summed E-state index contributed by atoms with van der Waals surface area (Å²) in [4.78, 5) is 15.6. The van der Waals surface area contributed by atoms with Crippen molar-refractivity contribution in [3.8, 4) is 0 Å². The van der Waals surface area contributed by atoms with Crippen LogP contribution in [0.25, 0.3) is 15.9 Å². The molecule has 0 saturated heterocycles. The van der Waals surface area contributed by atoms with E-state index < -0.39 is 0 Å². The number of thioether (sulfide) groups is 1. The number of nitrogens with zero attached hydrogens (tertiary/aromatic N) is 3. The summed E-state index contributed by atoms with van der Waals surface area (Å²) in [7, 11) is 0. The Morgan fingerprint density at radius 2 is 2.12 bits per heavy atom. The first-order valence-corrected chi connectivity index (χ1v) is 9.59. The second kappa shape index (κ2) is 6.20. The molecule has 1 aromatic carbocycles. The first-order valence-electron chi connectivity index (χ1n) is 8.61. The molecule has 126 valence electrons. The number of anilines is 1. The van der Waals surface area contributed by atoms with Gasteiger partial charge in [-0.25, -0.2) is 9.97 Å². The molecule has 0 unspecified atom stereocenters. The molecule has 6 heteroatoms. The van der Waals surface area contributed by atoms with Crippen LogP contribution in [0.4, 0.5) is 5.82 Å². The molecule has 0 amide bonds. The largest absolute Gasteiger partial charge is 0.346 e. The van der Waals surface area contributed by atoms with Gasteiger partial charge in [0, 0.05) is 36.1 Å². The molecular weight excluding hydrogens is 330 g/mol. The Labute approximate surface area is 150 Å². The first kappa shape index (κ1) is 15.0. The lowest BCUT2D eigenvalue weighted by Gasteiger charge is -2.26. The number of hydrogen-bond donors (Lipinski definition) is 2. The van der Waals surface area contributed by atoms with Gasteiger partial charge in [-0.15, -0.1) is 11.8 Å². The number of aromatic nitrogens is 3. The third-order valence-corrected chi connectivity index (χ3v) is 5.88. The Balaban J connectivity index is 1.53. The molecule has 5 rings (SSSR count). The quantitative estimate of drug-likeness (QED) is 0.744. The Hall–Kier alpha value is -2.31. The number of fused-ring (bicyclic) bond motifs is 2. The lowest BCUT2D eigenvalue weighted by molar-refractivity contribution is 0.643. The summed E-state index contributed by atoms with van der Waals surface area (Å²) in [5.41, 5.74) is 5.11. The molecule has 5 nitrogen and oxygen atoms in total. The molecule has 2 N–H and O–H groups in total. The van der Waals surface area contributed by atoms with E-state index in [9.17, 15) is 0 Å². The van der Waals surface area contributed by atoms with E-state index in [1.54, 1.807) is 6.33 Å². The highest BCUT2D eigenvalue weighted by molar-refractivity contribution is 8.08. The van der Waals surface area contributed by atoms with Crippen LogP contribution in [0, 0.1) is 0 Å². The summed E-state index contributed by atoms with van der Waals surface area (Å²) in [6.45, 7) is 3.02. The van der Waals surface area contributed by atoms with Gasteiger partial charge in [0.2, 0.25) is 0 Å². The van der Waals surface area contributed by atoms with E-state index in [0.717, 1.165) is 48.7 Å². The third kappa shape index (κ3) is 2.71. The van der Waals surface area contributed by atoms with Gasteiger partial charge in [-0.2, -0.15) is 0 Å². The average molecular weight is 349 g/mol. The van der Waals surface area contributed by atoms with Crippen molar-refractivity contribution < 1.29 is 0 Å². The number of aromatic amines is 1. The van der Waals surface area contributed by atoms with E-state index in [1.807, 2.05) is 24.0 Å². The molecule has 2 aliphatic rings. The monoisotopic (exact) mass is 349 g/mol. The highest BCUT2D eigenvalue weighted by Gasteiger charge is 2.18. The fourth-order valence-electron chi connectivity index (χ4n) is 3.54. The van der Waals surface area contributed by atoms with Crippen molar-refractivity contribution in [2.24, 2.45) is 0 Å². The number of rotatable bonds is 2. The van der Waals surface area contributed by atoms with Crippen LogP contribution >= 0.6 is 11.8 Å². The van der Waals surface area contributed by atoms with Crippen molar-refractivity contribution in [3.05, 3.63) is 59.7 Å². The van der Waals surface area contributed by atoms with Crippen LogP contribution < -0.4 is 10.2 Å².